The summed E-state index contributed by atoms with van der Waals surface area (Å²) in [6.07, 6.45) is 6.18. The van der Waals surface area contributed by atoms with Crippen LogP contribution in [-0.4, -0.2) is 54.9 Å². The number of non-ortho nitro benzene ring substituents is 1. The van der Waals surface area contributed by atoms with Gasteiger partial charge in [-0.1, -0.05) is 56.0 Å². The molecule has 2 aromatic rings. The van der Waals surface area contributed by atoms with Gasteiger partial charge in [-0.05, 0) is 43.0 Å². The maximum absolute atomic E-state index is 13.7. The van der Waals surface area contributed by atoms with Crippen LogP contribution in [0.3, 0.4) is 0 Å². The van der Waals surface area contributed by atoms with Crippen molar-refractivity contribution in [2.75, 3.05) is 17.1 Å². The predicted molar refractivity (Wildman–Crippen MR) is 146 cm³/mol. The third-order valence-electron chi connectivity index (χ3n) is 6.61. The van der Waals surface area contributed by atoms with Crippen LogP contribution in [0.4, 0.5) is 11.4 Å². The van der Waals surface area contributed by atoms with E-state index in [-0.39, 0.29) is 29.9 Å². The SMILES string of the molecule is CC[C@H](C(=O)NC1CCCCC1)N(Cc1ccc(Cl)cc1)C(=O)CN(c1cccc([N+](=O)[O-])c1)S(C)(=O)=O. The van der Waals surface area contributed by atoms with Crippen molar-refractivity contribution < 1.29 is 22.9 Å². The van der Waals surface area contributed by atoms with E-state index in [2.05, 4.69) is 5.32 Å². The summed E-state index contributed by atoms with van der Waals surface area (Å²) in [5, 5.41) is 14.8. The fourth-order valence-electron chi connectivity index (χ4n) is 4.63. The molecule has 1 saturated carbocycles. The smallest absolute Gasteiger partial charge is 0.271 e. The van der Waals surface area contributed by atoms with Gasteiger partial charge in [0.05, 0.1) is 16.9 Å². The number of hydrogen-bond acceptors (Lipinski definition) is 6. The molecule has 1 atom stereocenters. The Balaban J connectivity index is 1.93. The van der Waals surface area contributed by atoms with E-state index in [9.17, 15) is 28.1 Å². The van der Waals surface area contributed by atoms with Crippen LogP contribution in [0, 0.1) is 10.1 Å². The van der Waals surface area contributed by atoms with E-state index in [1.807, 2.05) is 0 Å². The summed E-state index contributed by atoms with van der Waals surface area (Å²) in [5.41, 5.74) is 0.397. The molecule has 0 aromatic heterocycles. The molecule has 0 aliphatic heterocycles. The van der Waals surface area contributed by atoms with E-state index in [1.54, 1.807) is 31.2 Å². The quantitative estimate of drug-likeness (QED) is 0.320. The molecule has 12 heteroatoms. The maximum atomic E-state index is 13.7. The molecule has 1 aliphatic carbocycles. The van der Waals surface area contributed by atoms with Gasteiger partial charge in [0.1, 0.15) is 12.6 Å². The van der Waals surface area contributed by atoms with E-state index in [1.165, 1.54) is 23.1 Å². The van der Waals surface area contributed by atoms with Crippen LogP contribution in [0.5, 0.6) is 0 Å². The zero-order chi connectivity index (χ0) is 27.9. The van der Waals surface area contributed by atoms with Crippen molar-refractivity contribution in [3.63, 3.8) is 0 Å². The van der Waals surface area contributed by atoms with Gasteiger partial charge in [0.25, 0.3) is 5.69 Å². The molecular weight excluding hydrogens is 532 g/mol. The summed E-state index contributed by atoms with van der Waals surface area (Å²) in [7, 11) is -4.00. The average molecular weight is 565 g/mol. The second kappa shape index (κ2) is 13.1. The molecule has 10 nitrogen and oxygen atoms in total. The summed E-state index contributed by atoms with van der Waals surface area (Å²) < 4.78 is 26.2. The number of amides is 2. The minimum Gasteiger partial charge on any atom is -0.352 e. The summed E-state index contributed by atoms with van der Waals surface area (Å²) in [6.45, 7) is 1.22. The van der Waals surface area contributed by atoms with Gasteiger partial charge in [-0.25, -0.2) is 8.42 Å². The van der Waals surface area contributed by atoms with Crippen LogP contribution in [0.15, 0.2) is 48.5 Å². The summed E-state index contributed by atoms with van der Waals surface area (Å²) in [5.74, 6) is -0.898. The molecule has 1 N–H and O–H groups in total. The number of hydrogen-bond donors (Lipinski definition) is 1. The lowest BCUT2D eigenvalue weighted by molar-refractivity contribution is -0.384. The van der Waals surface area contributed by atoms with Crippen molar-refractivity contribution in [1.82, 2.24) is 10.2 Å². The van der Waals surface area contributed by atoms with Crippen LogP contribution < -0.4 is 9.62 Å². The van der Waals surface area contributed by atoms with Crippen LogP contribution in [0.2, 0.25) is 5.02 Å². The van der Waals surface area contributed by atoms with Crippen molar-refractivity contribution in [1.29, 1.82) is 0 Å². The number of benzene rings is 2. The molecule has 2 aromatic carbocycles. The topological polar surface area (TPSA) is 130 Å². The Labute approximate surface area is 228 Å². The highest BCUT2D eigenvalue weighted by atomic mass is 35.5. The van der Waals surface area contributed by atoms with E-state index in [4.69, 9.17) is 11.6 Å². The molecule has 0 bridgehead atoms. The standard InChI is InChI=1S/C26H33ClN4O6S/c1-3-24(26(33)28-21-8-5-4-6-9-21)29(17-19-12-14-20(27)15-13-19)25(32)18-30(38(2,36)37)22-10-7-11-23(16-22)31(34)35/h7,10-16,21,24H,3-6,8-9,17-18H2,1-2H3,(H,28,33)/t24-/m1/s1. The fraction of sp³-hybridized carbons (Fsp3) is 0.462. The molecule has 206 valence electrons. The first-order valence-corrected chi connectivity index (χ1v) is 14.8. The van der Waals surface area contributed by atoms with Crippen LogP contribution in [0.25, 0.3) is 0 Å². The molecule has 3 rings (SSSR count). The number of nitro groups is 1. The molecule has 0 unspecified atom stereocenters. The molecule has 1 aliphatic rings. The second-order valence-corrected chi connectivity index (χ2v) is 11.8. The Morgan fingerprint density at radius 1 is 1.13 bits per heavy atom. The number of nitrogens with one attached hydrogen (secondary N) is 1. The van der Waals surface area contributed by atoms with Crippen LogP contribution in [0.1, 0.15) is 51.0 Å². The number of carbonyl (C=O) groups is 2. The summed E-state index contributed by atoms with van der Waals surface area (Å²) in [4.78, 5) is 39.1. The highest BCUT2D eigenvalue weighted by Crippen LogP contribution is 2.25. The monoisotopic (exact) mass is 564 g/mol. The van der Waals surface area contributed by atoms with Gasteiger partial charge in [0, 0.05) is 29.7 Å². The average Bonchev–Trinajstić information content (AvgIpc) is 2.88. The van der Waals surface area contributed by atoms with Gasteiger partial charge in [-0.2, -0.15) is 0 Å². The second-order valence-electron chi connectivity index (χ2n) is 9.46. The third-order valence-corrected chi connectivity index (χ3v) is 8.00. The van der Waals surface area contributed by atoms with E-state index in [0.29, 0.717) is 17.0 Å². The van der Waals surface area contributed by atoms with Gasteiger partial charge >= 0.3 is 0 Å². The minimum absolute atomic E-state index is 0.0128. The molecule has 38 heavy (non-hydrogen) atoms. The van der Waals surface area contributed by atoms with E-state index >= 15 is 0 Å². The molecular formula is C26H33ClN4O6S. The zero-order valence-electron chi connectivity index (χ0n) is 21.5. The van der Waals surface area contributed by atoms with E-state index < -0.39 is 33.4 Å². The van der Waals surface area contributed by atoms with Crippen molar-refractivity contribution in [2.45, 2.75) is 64.1 Å². The fourth-order valence-corrected chi connectivity index (χ4v) is 5.59. The minimum atomic E-state index is -4.00. The van der Waals surface area contributed by atoms with Gasteiger partial charge in [0.2, 0.25) is 21.8 Å². The van der Waals surface area contributed by atoms with Crippen LogP contribution >= 0.6 is 11.6 Å². The summed E-state index contributed by atoms with van der Waals surface area (Å²) in [6, 6.07) is 11.1. The number of anilines is 1. The number of halogens is 1. The van der Waals surface area contributed by atoms with Crippen molar-refractivity contribution >= 4 is 44.8 Å². The van der Waals surface area contributed by atoms with E-state index in [0.717, 1.165) is 48.7 Å². The normalized spacial score (nSPS) is 14.9. The summed E-state index contributed by atoms with van der Waals surface area (Å²) >= 11 is 6.02. The molecule has 0 radical (unpaired) electrons. The maximum Gasteiger partial charge on any atom is 0.271 e. The van der Waals surface area contributed by atoms with Gasteiger partial charge in [0.15, 0.2) is 0 Å². The molecule has 2 amide bonds. The lowest BCUT2D eigenvalue weighted by Crippen LogP contribution is -2.53. The number of nitro benzene ring substituents is 1. The Morgan fingerprint density at radius 3 is 2.37 bits per heavy atom. The largest absolute Gasteiger partial charge is 0.352 e. The third kappa shape index (κ3) is 7.91. The Bertz CT molecular complexity index is 1250. The lowest BCUT2D eigenvalue weighted by atomic mass is 9.95. The first-order chi connectivity index (χ1) is 18.0. The first-order valence-electron chi connectivity index (χ1n) is 12.6. The highest BCUT2D eigenvalue weighted by molar-refractivity contribution is 7.92. The highest BCUT2D eigenvalue weighted by Gasteiger charge is 2.33. The number of nitrogens with zero attached hydrogens (tertiary/aromatic N) is 3. The Kier molecular flexibility index (Phi) is 10.1. The van der Waals surface area contributed by atoms with Crippen molar-refractivity contribution in [2.24, 2.45) is 0 Å². The number of carbonyl (C=O) groups excluding carboxylic acids is 2. The Hall–Kier alpha value is -3.18. The molecule has 0 saturated heterocycles. The van der Waals surface area contributed by atoms with Gasteiger partial charge in [-0.3, -0.25) is 24.0 Å². The van der Waals surface area contributed by atoms with Crippen molar-refractivity contribution in [3.8, 4) is 0 Å². The molecule has 0 heterocycles. The predicted octanol–water partition coefficient (Wildman–Crippen LogP) is 4.27. The van der Waals surface area contributed by atoms with Crippen molar-refractivity contribution in [3.05, 3.63) is 69.2 Å². The number of rotatable bonds is 11. The molecule has 1 fully saturated rings. The lowest BCUT2D eigenvalue weighted by Gasteiger charge is -2.34. The van der Waals surface area contributed by atoms with Crippen LogP contribution in [-0.2, 0) is 26.2 Å². The Morgan fingerprint density at radius 2 is 1.79 bits per heavy atom. The zero-order valence-corrected chi connectivity index (χ0v) is 23.1. The van der Waals surface area contributed by atoms with Gasteiger partial charge in [-0.15, -0.1) is 0 Å². The first kappa shape index (κ1) is 29.4. The van der Waals surface area contributed by atoms with Gasteiger partial charge < -0.3 is 10.2 Å². The number of sulfonamides is 1. The molecule has 0 spiro atoms.